The van der Waals surface area contributed by atoms with Gasteiger partial charge in [-0.05, 0) is 31.0 Å². The lowest BCUT2D eigenvalue weighted by Gasteiger charge is -2.40. The quantitative estimate of drug-likeness (QED) is 0.487. The normalized spacial score (nSPS) is 20.6. The minimum atomic E-state index is -4.76. The number of carbonyl (C=O) groups excluding carboxylic acids is 1. The summed E-state index contributed by atoms with van der Waals surface area (Å²) in [6.45, 7) is 4.80. The minimum Gasteiger partial charge on any atom is -0.406 e. The second-order valence-electron chi connectivity index (χ2n) is 9.36. The van der Waals surface area contributed by atoms with Crippen molar-refractivity contribution in [3.05, 3.63) is 65.5 Å². The van der Waals surface area contributed by atoms with Crippen LogP contribution in [0.3, 0.4) is 0 Å². The number of ether oxygens (including phenoxy) is 2. The maximum absolute atomic E-state index is 13.4. The third kappa shape index (κ3) is 6.04. The first-order chi connectivity index (χ1) is 17.7. The van der Waals surface area contributed by atoms with Crippen LogP contribution in [0.1, 0.15) is 35.3 Å². The monoisotopic (exact) mass is 516 g/mol. The summed E-state index contributed by atoms with van der Waals surface area (Å²) >= 11 is 0. The van der Waals surface area contributed by atoms with E-state index in [0.29, 0.717) is 57.5 Å². The van der Waals surface area contributed by atoms with Gasteiger partial charge in [0.25, 0.3) is 0 Å². The van der Waals surface area contributed by atoms with Crippen LogP contribution >= 0.6 is 0 Å². The van der Waals surface area contributed by atoms with Crippen molar-refractivity contribution in [1.29, 1.82) is 0 Å². The molecule has 3 aromatic rings. The molecule has 0 radical (unpaired) electrons. The van der Waals surface area contributed by atoms with E-state index in [0.717, 1.165) is 16.7 Å². The Morgan fingerprint density at radius 1 is 0.973 bits per heavy atom. The summed E-state index contributed by atoms with van der Waals surface area (Å²) in [6, 6.07) is 13.5. The number of rotatable bonds is 4. The van der Waals surface area contributed by atoms with Crippen LogP contribution in [0.5, 0.6) is 5.75 Å². The Hall–Kier alpha value is -3.60. The summed E-state index contributed by atoms with van der Waals surface area (Å²) in [6.07, 6.45) is -4.16. The molecular weight excluding hydrogens is 489 g/mol. The second kappa shape index (κ2) is 10.4. The van der Waals surface area contributed by atoms with Crippen LogP contribution < -0.4 is 4.74 Å². The molecule has 196 valence electrons. The number of hydrogen-bond acceptors (Lipinski definition) is 6. The van der Waals surface area contributed by atoms with Gasteiger partial charge < -0.3 is 23.8 Å². The van der Waals surface area contributed by atoms with Gasteiger partial charge in [-0.15, -0.1) is 13.2 Å². The maximum atomic E-state index is 13.4. The highest BCUT2D eigenvalue weighted by atomic mass is 19.4. The number of hydrogen-bond donors (Lipinski definition) is 0. The molecule has 2 atom stereocenters. The largest absolute Gasteiger partial charge is 0.573 e. The molecule has 11 heteroatoms. The lowest BCUT2D eigenvalue weighted by molar-refractivity contribution is -0.274. The smallest absolute Gasteiger partial charge is 0.406 e. The van der Waals surface area contributed by atoms with E-state index >= 15 is 0 Å². The highest BCUT2D eigenvalue weighted by molar-refractivity contribution is 5.75. The molecule has 1 aromatic heterocycles. The second-order valence-corrected chi connectivity index (χ2v) is 9.36. The number of benzene rings is 2. The van der Waals surface area contributed by atoms with Gasteiger partial charge in [0, 0.05) is 37.7 Å². The topological polar surface area (TPSA) is 80.9 Å². The molecule has 2 aliphatic rings. The molecule has 0 spiro atoms. The molecule has 3 heterocycles. The molecule has 0 bridgehead atoms. The number of aromatic nitrogens is 2. The van der Waals surface area contributed by atoms with E-state index in [1.165, 1.54) is 12.1 Å². The van der Waals surface area contributed by atoms with Gasteiger partial charge in [0.2, 0.25) is 11.7 Å². The van der Waals surface area contributed by atoms with Gasteiger partial charge in [0.05, 0.1) is 19.1 Å². The first-order valence-electron chi connectivity index (χ1n) is 12.1. The number of aryl methyl sites for hydroxylation is 1. The van der Waals surface area contributed by atoms with Crippen molar-refractivity contribution >= 4 is 6.03 Å². The van der Waals surface area contributed by atoms with E-state index in [1.807, 2.05) is 31.2 Å². The van der Waals surface area contributed by atoms with Crippen LogP contribution in [0.4, 0.5) is 18.0 Å². The van der Waals surface area contributed by atoms with Gasteiger partial charge in [0.1, 0.15) is 5.75 Å². The van der Waals surface area contributed by atoms with E-state index in [-0.39, 0.29) is 23.6 Å². The number of morpholine rings is 1. The lowest BCUT2D eigenvalue weighted by atomic mass is 9.84. The summed E-state index contributed by atoms with van der Waals surface area (Å²) < 4.78 is 52.8. The average molecular weight is 517 g/mol. The fraction of sp³-hybridized carbons (Fsp3) is 0.423. The summed E-state index contributed by atoms with van der Waals surface area (Å²) in [5.41, 5.74) is 2.75. The van der Waals surface area contributed by atoms with E-state index in [4.69, 9.17) is 9.26 Å². The minimum absolute atomic E-state index is 0.103. The SMILES string of the molecule is Cc1ccc(-c2noc(C3CC(c4ccc(OC(F)(F)F)cc4)CN(C(=O)N4CCOCC4)C3)n2)cc1. The Balaban J connectivity index is 1.39. The first-order valence-corrected chi connectivity index (χ1v) is 12.1. The fourth-order valence-corrected chi connectivity index (χ4v) is 4.79. The number of carbonyl (C=O) groups is 1. The van der Waals surface area contributed by atoms with Crippen LogP contribution in [-0.4, -0.2) is 71.7 Å². The number of amides is 2. The van der Waals surface area contributed by atoms with Crippen molar-refractivity contribution in [2.45, 2.75) is 31.5 Å². The molecule has 2 amide bonds. The van der Waals surface area contributed by atoms with Crippen LogP contribution in [0.25, 0.3) is 11.4 Å². The van der Waals surface area contributed by atoms with E-state index in [9.17, 15) is 18.0 Å². The molecular formula is C26H27F3N4O4. The predicted molar refractivity (Wildman–Crippen MR) is 127 cm³/mol. The highest BCUT2D eigenvalue weighted by Crippen LogP contribution is 2.37. The standard InChI is InChI=1S/C26H27F3N4O4/c1-17-2-4-19(5-3-17)23-30-24(37-31-23)21-14-20(18-6-8-22(9-7-18)36-26(27,28)29)15-33(16-21)25(34)32-10-12-35-13-11-32/h2-9,20-21H,10-16H2,1H3. The van der Waals surface area contributed by atoms with Gasteiger partial charge in [-0.2, -0.15) is 4.98 Å². The number of alkyl halides is 3. The van der Waals surface area contributed by atoms with Gasteiger partial charge in [0.15, 0.2) is 0 Å². The predicted octanol–water partition coefficient (Wildman–Crippen LogP) is 4.97. The molecule has 0 aliphatic carbocycles. The molecule has 37 heavy (non-hydrogen) atoms. The molecule has 2 saturated heterocycles. The van der Waals surface area contributed by atoms with E-state index in [1.54, 1.807) is 21.9 Å². The summed E-state index contributed by atoms with van der Waals surface area (Å²) in [7, 11) is 0. The maximum Gasteiger partial charge on any atom is 0.573 e. The van der Waals surface area contributed by atoms with Gasteiger partial charge in [-0.3, -0.25) is 0 Å². The Morgan fingerprint density at radius 2 is 1.65 bits per heavy atom. The molecule has 0 saturated carbocycles. The zero-order valence-electron chi connectivity index (χ0n) is 20.3. The summed E-state index contributed by atoms with van der Waals surface area (Å²) in [5, 5.41) is 4.15. The van der Waals surface area contributed by atoms with E-state index in [2.05, 4.69) is 14.9 Å². The van der Waals surface area contributed by atoms with Gasteiger partial charge in [-0.1, -0.05) is 47.1 Å². The van der Waals surface area contributed by atoms with Crippen molar-refractivity contribution in [3.63, 3.8) is 0 Å². The Kier molecular flexibility index (Phi) is 7.05. The average Bonchev–Trinajstić information content (AvgIpc) is 3.39. The number of urea groups is 1. The Labute approximate surface area is 212 Å². The highest BCUT2D eigenvalue weighted by Gasteiger charge is 2.37. The zero-order chi connectivity index (χ0) is 26.0. The Morgan fingerprint density at radius 3 is 2.32 bits per heavy atom. The third-order valence-corrected chi connectivity index (χ3v) is 6.69. The van der Waals surface area contributed by atoms with Crippen LogP contribution in [0.2, 0.25) is 0 Å². The molecule has 0 N–H and O–H groups in total. The first kappa shape index (κ1) is 25.1. The number of likely N-dealkylation sites (tertiary alicyclic amines) is 1. The van der Waals surface area contributed by atoms with Gasteiger partial charge in [-0.25, -0.2) is 4.79 Å². The molecule has 2 aliphatic heterocycles. The molecule has 5 rings (SSSR count). The third-order valence-electron chi connectivity index (χ3n) is 6.69. The lowest BCUT2D eigenvalue weighted by Crippen LogP contribution is -2.52. The molecule has 2 unspecified atom stereocenters. The molecule has 2 aromatic carbocycles. The number of halogens is 3. The number of piperidine rings is 1. The van der Waals surface area contributed by atoms with Crippen LogP contribution in [-0.2, 0) is 4.74 Å². The van der Waals surface area contributed by atoms with Crippen molar-refractivity contribution < 1.29 is 32.0 Å². The van der Waals surface area contributed by atoms with Crippen LogP contribution in [0, 0.1) is 6.92 Å². The zero-order valence-corrected chi connectivity index (χ0v) is 20.3. The van der Waals surface area contributed by atoms with Gasteiger partial charge >= 0.3 is 12.4 Å². The summed E-state index contributed by atoms with van der Waals surface area (Å²) in [4.78, 5) is 21.5. The number of nitrogens with zero attached hydrogens (tertiary/aromatic N) is 4. The van der Waals surface area contributed by atoms with Crippen molar-refractivity contribution in [2.24, 2.45) is 0 Å². The van der Waals surface area contributed by atoms with Crippen molar-refractivity contribution in [3.8, 4) is 17.1 Å². The fourth-order valence-electron chi connectivity index (χ4n) is 4.79. The van der Waals surface area contributed by atoms with Crippen LogP contribution in [0.15, 0.2) is 53.1 Å². The summed E-state index contributed by atoms with van der Waals surface area (Å²) in [5.74, 6) is 0.235. The Bertz CT molecular complexity index is 1210. The van der Waals surface area contributed by atoms with Crippen molar-refractivity contribution in [2.75, 3.05) is 39.4 Å². The van der Waals surface area contributed by atoms with E-state index < -0.39 is 6.36 Å². The molecule has 2 fully saturated rings. The van der Waals surface area contributed by atoms with Crippen molar-refractivity contribution in [1.82, 2.24) is 19.9 Å². The molecule has 8 nitrogen and oxygen atoms in total.